The van der Waals surface area contributed by atoms with E-state index in [0.717, 1.165) is 6.42 Å². The van der Waals surface area contributed by atoms with E-state index in [4.69, 9.17) is 14.9 Å². The van der Waals surface area contributed by atoms with Crippen LogP contribution in [0.4, 0.5) is 0 Å². The van der Waals surface area contributed by atoms with Crippen molar-refractivity contribution < 1.29 is 24.5 Å². The molecule has 0 radical (unpaired) electrons. The number of allylic oxidation sites excluding steroid dienone is 2. The monoisotopic (exact) mass is 352 g/mol. The van der Waals surface area contributed by atoms with Gasteiger partial charge in [0, 0.05) is 0 Å². The van der Waals surface area contributed by atoms with Gasteiger partial charge in [-0.2, -0.15) is 0 Å². The van der Waals surface area contributed by atoms with E-state index in [1.54, 1.807) is 12.1 Å². The second-order valence-electron chi connectivity index (χ2n) is 5.17. The first-order valence-electron chi connectivity index (χ1n) is 8.68. The molecule has 0 aliphatic heterocycles. The van der Waals surface area contributed by atoms with Gasteiger partial charge in [-0.1, -0.05) is 52.0 Å². The second kappa shape index (κ2) is 16.6. The molecular weight excluding hydrogens is 320 g/mol. The Morgan fingerprint density at radius 2 is 1.60 bits per heavy atom. The largest absolute Gasteiger partial charge is 0.507 e. The van der Waals surface area contributed by atoms with E-state index >= 15 is 0 Å². The van der Waals surface area contributed by atoms with Crippen LogP contribution in [-0.4, -0.2) is 28.8 Å². The van der Waals surface area contributed by atoms with Crippen molar-refractivity contribution in [3.63, 3.8) is 0 Å². The first kappa shape index (κ1) is 24.9. The third-order valence-electron chi connectivity index (χ3n) is 3.07. The van der Waals surface area contributed by atoms with Crippen molar-refractivity contribution in [2.75, 3.05) is 6.61 Å². The lowest BCUT2D eigenvalue weighted by Gasteiger charge is -2.05. The zero-order chi connectivity index (χ0) is 19.7. The zero-order valence-electron chi connectivity index (χ0n) is 16.0. The SMILES string of the molecule is CC/C=C\CC.CCOC(=O)C(C)CC.O=C(O)c1ccccc1O. The molecule has 0 saturated carbocycles. The number of carbonyl (C=O) groups is 2. The highest BCUT2D eigenvalue weighted by Crippen LogP contribution is 2.14. The Morgan fingerprint density at radius 1 is 1.08 bits per heavy atom. The lowest BCUT2D eigenvalue weighted by Crippen LogP contribution is -2.13. The standard InChI is InChI=1S/C7H6O3.C7H14O2.C6H12/c8-6-4-2-1-3-5(6)7(9)10;1-4-6(3)7(8)9-5-2;1-3-5-6-4-2/h1-4,8H,(H,9,10);6H,4-5H2,1-3H3;5-6H,3-4H2,1-2H3/b;;6-5-. The predicted molar refractivity (Wildman–Crippen MR) is 101 cm³/mol. The Kier molecular flexibility index (Phi) is 16.5. The molecule has 142 valence electrons. The Labute approximate surface area is 151 Å². The molecule has 0 aromatic heterocycles. The van der Waals surface area contributed by atoms with Crippen molar-refractivity contribution in [3.05, 3.63) is 42.0 Å². The van der Waals surface area contributed by atoms with Crippen LogP contribution in [0.15, 0.2) is 36.4 Å². The summed E-state index contributed by atoms with van der Waals surface area (Å²) in [6, 6.07) is 5.81. The van der Waals surface area contributed by atoms with Crippen molar-refractivity contribution in [2.45, 2.75) is 53.9 Å². The number of carboxylic acid groups (broad SMARTS) is 1. The van der Waals surface area contributed by atoms with Crippen molar-refractivity contribution in [3.8, 4) is 5.75 Å². The maximum Gasteiger partial charge on any atom is 0.339 e. The number of esters is 1. The minimum atomic E-state index is -1.11. The number of ether oxygens (including phenoxy) is 1. The normalized spacial score (nSPS) is 10.8. The van der Waals surface area contributed by atoms with Gasteiger partial charge in [-0.25, -0.2) is 4.79 Å². The molecule has 1 atom stereocenters. The second-order valence-corrected chi connectivity index (χ2v) is 5.17. The fourth-order valence-corrected chi connectivity index (χ4v) is 1.44. The van der Waals surface area contributed by atoms with Crippen LogP contribution in [0.2, 0.25) is 0 Å². The van der Waals surface area contributed by atoms with Crippen LogP contribution in [0.3, 0.4) is 0 Å². The summed E-state index contributed by atoms with van der Waals surface area (Å²) in [6.45, 7) is 10.4. The molecule has 1 aromatic rings. The van der Waals surface area contributed by atoms with Gasteiger partial charge in [-0.15, -0.1) is 0 Å². The smallest absolute Gasteiger partial charge is 0.339 e. The molecular formula is C20H32O5. The molecule has 0 aliphatic rings. The molecule has 0 aliphatic carbocycles. The first-order valence-corrected chi connectivity index (χ1v) is 8.68. The Bertz CT molecular complexity index is 503. The average Bonchev–Trinajstić information content (AvgIpc) is 2.60. The maximum atomic E-state index is 10.8. The quantitative estimate of drug-likeness (QED) is 0.553. The number of carboxylic acids is 1. The molecule has 1 aromatic carbocycles. The van der Waals surface area contributed by atoms with E-state index in [1.807, 2.05) is 20.8 Å². The summed E-state index contributed by atoms with van der Waals surface area (Å²) in [5, 5.41) is 17.3. The number of carbonyl (C=O) groups excluding carboxylic acids is 1. The Balaban J connectivity index is 0. The van der Waals surface area contributed by atoms with Gasteiger partial charge in [0.15, 0.2) is 0 Å². The molecule has 5 heteroatoms. The van der Waals surface area contributed by atoms with Crippen molar-refractivity contribution in [1.29, 1.82) is 0 Å². The van der Waals surface area contributed by atoms with E-state index < -0.39 is 5.97 Å². The lowest BCUT2D eigenvalue weighted by atomic mass is 10.1. The molecule has 0 bridgehead atoms. The van der Waals surface area contributed by atoms with E-state index in [0.29, 0.717) is 6.61 Å². The number of hydrogen-bond acceptors (Lipinski definition) is 4. The van der Waals surface area contributed by atoms with E-state index in [9.17, 15) is 9.59 Å². The molecule has 0 heterocycles. The van der Waals surface area contributed by atoms with Crippen LogP contribution in [-0.2, 0) is 9.53 Å². The summed E-state index contributed by atoms with van der Waals surface area (Å²) in [6.07, 6.45) is 7.57. The van der Waals surface area contributed by atoms with Crippen LogP contribution in [0.25, 0.3) is 0 Å². The number of benzene rings is 1. The first-order chi connectivity index (χ1) is 11.8. The summed E-state index contributed by atoms with van der Waals surface area (Å²) in [4.78, 5) is 21.0. The lowest BCUT2D eigenvalue weighted by molar-refractivity contribution is -0.147. The van der Waals surface area contributed by atoms with Crippen molar-refractivity contribution in [2.24, 2.45) is 5.92 Å². The molecule has 0 spiro atoms. The number of aromatic carboxylic acids is 1. The van der Waals surface area contributed by atoms with Gasteiger partial charge in [0.2, 0.25) is 0 Å². The Hall–Kier alpha value is -2.30. The van der Waals surface area contributed by atoms with Crippen LogP contribution < -0.4 is 0 Å². The fraction of sp³-hybridized carbons (Fsp3) is 0.500. The topological polar surface area (TPSA) is 83.8 Å². The molecule has 1 rings (SSSR count). The minimum Gasteiger partial charge on any atom is -0.507 e. The number of aromatic hydroxyl groups is 1. The van der Waals surface area contributed by atoms with Crippen LogP contribution in [0.1, 0.15) is 64.2 Å². The van der Waals surface area contributed by atoms with E-state index in [-0.39, 0.29) is 23.2 Å². The highest BCUT2D eigenvalue weighted by atomic mass is 16.5. The molecule has 0 saturated heterocycles. The third kappa shape index (κ3) is 13.8. The summed E-state index contributed by atoms with van der Waals surface area (Å²) in [7, 11) is 0. The summed E-state index contributed by atoms with van der Waals surface area (Å²) >= 11 is 0. The summed E-state index contributed by atoms with van der Waals surface area (Å²) < 4.78 is 4.76. The minimum absolute atomic E-state index is 0.0601. The van der Waals surface area contributed by atoms with Gasteiger partial charge >= 0.3 is 11.9 Å². The number of para-hydroxylation sites is 1. The van der Waals surface area contributed by atoms with Gasteiger partial charge in [-0.3, -0.25) is 4.79 Å². The summed E-state index contributed by atoms with van der Waals surface area (Å²) in [5.74, 6) is -1.34. The number of phenols is 1. The Morgan fingerprint density at radius 3 is 1.92 bits per heavy atom. The number of rotatable bonds is 6. The van der Waals surface area contributed by atoms with Gasteiger partial charge in [0.1, 0.15) is 11.3 Å². The van der Waals surface area contributed by atoms with Crippen LogP contribution >= 0.6 is 0 Å². The van der Waals surface area contributed by atoms with E-state index in [1.165, 1.54) is 25.0 Å². The molecule has 0 fully saturated rings. The van der Waals surface area contributed by atoms with Gasteiger partial charge in [-0.05, 0) is 38.3 Å². The maximum absolute atomic E-state index is 10.8. The molecule has 5 nitrogen and oxygen atoms in total. The predicted octanol–water partition coefficient (Wildman–Crippen LogP) is 5.05. The highest BCUT2D eigenvalue weighted by Gasteiger charge is 2.09. The fourth-order valence-electron chi connectivity index (χ4n) is 1.44. The van der Waals surface area contributed by atoms with E-state index in [2.05, 4.69) is 26.0 Å². The van der Waals surface area contributed by atoms with Crippen molar-refractivity contribution in [1.82, 2.24) is 0 Å². The average molecular weight is 352 g/mol. The zero-order valence-corrected chi connectivity index (χ0v) is 16.0. The molecule has 0 amide bonds. The van der Waals surface area contributed by atoms with Crippen LogP contribution in [0, 0.1) is 5.92 Å². The van der Waals surface area contributed by atoms with Gasteiger partial charge in [0.05, 0.1) is 12.5 Å². The van der Waals surface area contributed by atoms with Crippen molar-refractivity contribution >= 4 is 11.9 Å². The third-order valence-corrected chi connectivity index (χ3v) is 3.07. The highest BCUT2D eigenvalue weighted by molar-refractivity contribution is 5.90. The summed E-state index contributed by atoms with van der Waals surface area (Å²) in [5.41, 5.74) is -0.0671. The molecule has 1 unspecified atom stereocenters. The van der Waals surface area contributed by atoms with Gasteiger partial charge < -0.3 is 14.9 Å². The van der Waals surface area contributed by atoms with Gasteiger partial charge in [0.25, 0.3) is 0 Å². The molecule has 2 N–H and O–H groups in total. The number of hydrogen-bond donors (Lipinski definition) is 2. The molecule has 25 heavy (non-hydrogen) atoms. The van der Waals surface area contributed by atoms with Crippen LogP contribution in [0.5, 0.6) is 5.75 Å².